The number of likely N-dealkylation sites (tertiary alicyclic amines) is 1. The molecule has 2 aromatic carbocycles. The van der Waals surface area contributed by atoms with Gasteiger partial charge in [0.15, 0.2) is 5.43 Å². The summed E-state index contributed by atoms with van der Waals surface area (Å²) >= 11 is 0. The number of ether oxygens (including phenoxy) is 1. The molecule has 0 aliphatic carbocycles. The molecule has 1 aliphatic heterocycles. The first-order chi connectivity index (χ1) is 13.2. The predicted octanol–water partition coefficient (Wildman–Crippen LogP) is 3.30. The Morgan fingerprint density at radius 2 is 1.85 bits per heavy atom. The number of rotatable bonds is 6. The molecule has 1 fully saturated rings. The van der Waals surface area contributed by atoms with E-state index in [1.165, 1.54) is 18.9 Å². The summed E-state index contributed by atoms with van der Waals surface area (Å²) < 4.78 is 11.7. The van der Waals surface area contributed by atoms with Crippen molar-refractivity contribution in [3.8, 4) is 17.1 Å². The predicted molar refractivity (Wildman–Crippen MR) is 105 cm³/mol. The zero-order valence-corrected chi connectivity index (χ0v) is 15.1. The SMILES string of the molecule is O=c1cc(-c2ccccc2)oc2cc(OCC(O)CN3CCCC3)ccc12. The lowest BCUT2D eigenvalue weighted by molar-refractivity contribution is 0.0758. The summed E-state index contributed by atoms with van der Waals surface area (Å²) in [6, 6.07) is 16.2. The summed E-state index contributed by atoms with van der Waals surface area (Å²) in [5, 5.41) is 10.7. The second-order valence-corrected chi connectivity index (χ2v) is 6.97. The van der Waals surface area contributed by atoms with Crippen molar-refractivity contribution in [1.29, 1.82) is 0 Å². The van der Waals surface area contributed by atoms with Crippen LogP contribution < -0.4 is 10.2 Å². The average Bonchev–Trinajstić information content (AvgIpc) is 3.20. The Kier molecular flexibility index (Phi) is 5.23. The fourth-order valence-electron chi connectivity index (χ4n) is 3.48. The molecular weight excluding hydrogens is 342 g/mol. The van der Waals surface area contributed by atoms with E-state index >= 15 is 0 Å². The van der Waals surface area contributed by atoms with Crippen LogP contribution >= 0.6 is 0 Å². The van der Waals surface area contributed by atoms with Gasteiger partial charge in [-0.1, -0.05) is 30.3 Å². The third-order valence-corrected chi connectivity index (χ3v) is 4.87. The highest BCUT2D eigenvalue weighted by molar-refractivity contribution is 5.80. The van der Waals surface area contributed by atoms with Crippen LogP contribution in [0.2, 0.25) is 0 Å². The van der Waals surface area contributed by atoms with Gasteiger partial charge in [0.05, 0.1) is 5.39 Å². The highest BCUT2D eigenvalue weighted by Crippen LogP contribution is 2.25. The van der Waals surface area contributed by atoms with Crippen molar-refractivity contribution in [2.45, 2.75) is 18.9 Å². The maximum absolute atomic E-state index is 12.4. The summed E-state index contributed by atoms with van der Waals surface area (Å²) in [6.45, 7) is 2.92. The fraction of sp³-hybridized carbons (Fsp3) is 0.318. The van der Waals surface area contributed by atoms with Crippen LogP contribution in [-0.2, 0) is 0 Å². The molecule has 1 aromatic heterocycles. The van der Waals surface area contributed by atoms with E-state index in [2.05, 4.69) is 4.90 Å². The van der Waals surface area contributed by atoms with Gasteiger partial charge in [-0.25, -0.2) is 0 Å². The Morgan fingerprint density at radius 3 is 2.63 bits per heavy atom. The van der Waals surface area contributed by atoms with Crippen LogP contribution in [0.3, 0.4) is 0 Å². The quantitative estimate of drug-likeness (QED) is 0.726. The summed E-state index contributed by atoms with van der Waals surface area (Å²) in [7, 11) is 0. The Morgan fingerprint density at radius 1 is 1.07 bits per heavy atom. The van der Waals surface area contributed by atoms with Crippen molar-refractivity contribution in [3.05, 3.63) is 64.8 Å². The maximum Gasteiger partial charge on any atom is 0.193 e. The van der Waals surface area contributed by atoms with Gasteiger partial charge in [0, 0.05) is 24.2 Å². The third kappa shape index (κ3) is 4.21. The molecule has 1 atom stereocenters. The first-order valence-corrected chi connectivity index (χ1v) is 9.35. The largest absolute Gasteiger partial charge is 0.491 e. The molecule has 3 aromatic rings. The van der Waals surface area contributed by atoms with Crippen molar-refractivity contribution in [3.63, 3.8) is 0 Å². The minimum atomic E-state index is -0.540. The van der Waals surface area contributed by atoms with Crippen molar-refractivity contribution in [2.75, 3.05) is 26.2 Å². The van der Waals surface area contributed by atoms with Gasteiger partial charge >= 0.3 is 0 Å². The molecule has 0 radical (unpaired) electrons. The Hall–Kier alpha value is -2.63. The highest BCUT2D eigenvalue weighted by Gasteiger charge is 2.16. The lowest BCUT2D eigenvalue weighted by Gasteiger charge is -2.19. The zero-order valence-electron chi connectivity index (χ0n) is 15.1. The van der Waals surface area contributed by atoms with Crippen LogP contribution in [0, 0.1) is 0 Å². The summed E-state index contributed by atoms with van der Waals surface area (Å²) in [5.41, 5.74) is 1.24. The lowest BCUT2D eigenvalue weighted by Crippen LogP contribution is -2.33. The molecule has 0 amide bonds. The summed E-state index contributed by atoms with van der Waals surface area (Å²) in [6.07, 6.45) is 1.85. The first-order valence-electron chi connectivity index (χ1n) is 9.35. The van der Waals surface area contributed by atoms with Gasteiger partial charge in [0.1, 0.15) is 29.8 Å². The molecule has 0 bridgehead atoms. The first kappa shape index (κ1) is 17.8. The van der Waals surface area contributed by atoms with Gasteiger partial charge in [0.25, 0.3) is 0 Å². The third-order valence-electron chi connectivity index (χ3n) is 4.87. The molecule has 140 valence electrons. The maximum atomic E-state index is 12.4. The van der Waals surface area contributed by atoms with E-state index < -0.39 is 6.10 Å². The van der Waals surface area contributed by atoms with Crippen LogP contribution in [0.4, 0.5) is 0 Å². The number of β-amino-alcohol motifs (C(OH)–C–C–N with tert-alkyl or cyclic N) is 1. The van der Waals surface area contributed by atoms with Gasteiger partial charge in [-0.05, 0) is 38.1 Å². The number of aliphatic hydroxyl groups is 1. The molecule has 1 aliphatic rings. The van der Waals surface area contributed by atoms with Crippen molar-refractivity contribution in [1.82, 2.24) is 4.90 Å². The molecule has 1 unspecified atom stereocenters. The van der Waals surface area contributed by atoms with E-state index in [1.54, 1.807) is 18.2 Å². The number of hydrogen-bond acceptors (Lipinski definition) is 5. The fourth-order valence-corrected chi connectivity index (χ4v) is 3.48. The van der Waals surface area contributed by atoms with Crippen LogP contribution in [0.5, 0.6) is 5.75 Å². The van der Waals surface area contributed by atoms with E-state index in [4.69, 9.17) is 9.15 Å². The van der Waals surface area contributed by atoms with Gasteiger partial charge < -0.3 is 19.2 Å². The monoisotopic (exact) mass is 365 g/mol. The number of benzene rings is 2. The second-order valence-electron chi connectivity index (χ2n) is 6.97. The molecule has 2 heterocycles. The second kappa shape index (κ2) is 7.94. The molecule has 5 nitrogen and oxygen atoms in total. The Bertz CT molecular complexity index is 961. The lowest BCUT2D eigenvalue weighted by atomic mass is 10.1. The molecule has 1 saturated heterocycles. The topological polar surface area (TPSA) is 62.9 Å². The number of nitrogens with zero attached hydrogens (tertiary/aromatic N) is 1. The van der Waals surface area contributed by atoms with Crippen molar-refractivity contribution < 1.29 is 14.3 Å². The van der Waals surface area contributed by atoms with Crippen LogP contribution in [0.25, 0.3) is 22.3 Å². The van der Waals surface area contributed by atoms with Crippen molar-refractivity contribution >= 4 is 11.0 Å². The van der Waals surface area contributed by atoms with Crippen LogP contribution in [0.1, 0.15) is 12.8 Å². The molecule has 27 heavy (non-hydrogen) atoms. The molecule has 1 N–H and O–H groups in total. The minimum Gasteiger partial charge on any atom is -0.491 e. The standard InChI is InChI=1S/C22H23NO4/c24-17(14-23-10-4-5-11-23)15-26-18-8-9-19-20(25)13-21(27-22(19)12-18)16-6-2-1-3-7-16/h1-3,6-9,12-13,17,24H,4-5,10-11,14-15H2. The van der Waals surface area contributed by atoms with E-state index in [0.717, 1.165) is 18.7 Å². The molecular formula is C22H23NO4. The Balaban J connectivity index is 1.51. The summed E-state index contributed by atoms with van der Waals surface area (Å²) in [5.74, 6) is 1.11. The molecule has 0 spiro atoms. The van der Waals surface area contributed by atoms with Crippen LogP contribution in [0.15, 0.2) is 63.8 Å². The summed E-state index contributed by atoms with van der Waals surface area (Å²) in [4.78, 5) is 14.6. The molecule has 0 saturated carbocycles. The van der Waals surface area contributed by atoms with E-state index in [0.29, 0.717) is 29.0 Å². The molecule has 5 heteroatoms. The van der Waals surface area contributed by atoms with Gasteiger partial charge in [-0.15, -0.1) is 0 Å². The minimum absolute atomic E-state index is 0.0873. The molecule has 4 rings (SSSR count). The normalized spacial score (nSPS) is 15.9. The van der Waals surface area contributed by atoms with E-state index in [-0.39, 0.29) is 12.0 Å². The van der Waals surface area contributed by atoms with Gasteiger partial charge in [-0.3, -0.25) is 4.79 Å². The average molecular weight is 365 g/mol. The van der Waals surface area contributed by atoms with E-state index in [1.807, 2.05) is 30.3 Å². The smallest absolute Gasteiger partial charge is 0.193 e. The zero-order chi connectivity index (χ0) is 18.6. The van der Waals surface area contributed by atoms with Gasteiger partial charge in [-0.2, -0.15) is 0 Å². The number of aliphatic hydroxyl groups excluding tert-OH is 1. The highest BCUT2D eigenvalue weighted by atomic mass is 16.5. The van der Waals surface area contributed by atoms with Gasteiger partial charge in [0.2, 0.25) is 0 Å². The number of fused-ring (bicyclic) bond motifs is 1. The van der Waals surface area contributed by atoms with Crippen LogP contribution in [-0.4, -0.2) is 42.4 Å². The van der Waals surface area contributed by atoms with Crippen molar-refractivity contribution in [2.24, 2.45) is 0 Å². The number of hydrogen-bond donors (Lipinski definition) is 1. The van der Waals surface area contributed by atoms with E-state index in [9.17, 15) is 9.90 Å². The Labute approximate surface area is 157 Å².